The number of likely N-dealkylation sites (tertiary alicyclic amines) is 1. The molecule has 0 aromatic heterocycles. The number of nitrogens with two attached hydrogens (primary N) is 1. The third-order valence-electron chi connectivity index (χ3n) is 7.92. The number of primary amides is 1. The second-order valence-electron chi connectivity index (χ2n) is 9.38. The van der Waals surface area contributed by atoms with Gasteiger partial charge in [0.15, 0.2) is 0 Å². The predicted octanol–water partition coefficient (Wildman–Crippen LogP) is 2.38. The number of carbonyl (C=O) groups is 3. The topological polar surface area (TPSA) is 86.9 Å². The lowest BCUT2D eigenvalue weighted by atomic mass is 9.62. The molecule has 0 bridgehead atoms. The van der Waals surface area contributed by atoms with E-state index in [-0.39, 0.29) is 5.41 Å². The number of carbonyl (C=O) groups excluding carboxylic acids is 3. The van der Waals surface area contributed by atoms with Crippen molar-refractivity contribution < 1.29 is 14.4 Å². The summed E-state index contributed by atoms with van der Waals surface area (Å²) < 4.78 is 0. The van der Waals surface area contributed by atoms with Crippen molar-refractivity contribution in [2.45, 2.75) is 62.3 Å². The smallest absolute Gasteiger partial charge is 0.332 e. The number of benzene rings is 1. The molecule has 0 unspecified atom stereocenters. The van der Waals surface area contributed by atoms with Gasteiger partial charge in [0.1, 0.15) is 0 Å². The van der Waals surface area contributed by atoms with Crippen molar-refractivity contribution in [1.82, 2.24) is 9.80 Å². The van der Waals surface area contributed by atoms with Gasteiger partial charge in [-0.05, 0) is 87.7 Å². The van der Waals surface area contributed by atoms with Crippen LogP contribution in [0.1, 0.15) is 56.9 Å². The average Bonchev–Trinajstić information content (AvgIpc) is 3.41. The van der Waals surface area contributed by atoms with Crippen LogP contribution in [0, 0.1) is 0 Å². The van der Waals surface area contributed by atoms with E-state index in [4.69, 9.17) is 5.73 Å². The molecule has 3 heterocycles. The van der Waals surface area contributed by atoms with Gasteiger partial charge in [-0.1, -0.05) is 18.6 Å². The summed E-state index contributed by atoms with van der Waals surface area (Å²) in [6, 6.07) is 7.42. The molecule has 4 aliphatic rings. The monoisotopic (exact) mass is 410 g/mol. The zero-order chi connectivity index (χ0) is 20.9. The van der Waals surface area contributed by atoms with E-state index in [0.717, 1.165) is 17.9 Å². The van der Waals surface area contributed by atoms with Gasteiger partial charge in [-0.2, -0.15) is 0 Å². The SMILES string of the molecule is NC(=O)[C@]12CCCN1C(=O)N(c1ccc(C3(CCN4CCCC4)CCC3)cc1)C2=O. The molecule has 1 aromatic carbocycles. The van der Waals surface area contributed by atoms with Gasteiger partial charge in [-0.3, -0.25) is 9.59 Å². The lowest BCUT2D eigenvalue weighted by Gasteiger charge is -2.43. The van der Waals surface area contributed by atoms with Gasteiger partial charge in [-0.15, -0.1) is 0 Å². The fourth-order valence-corrected chi connectivity index (χ4v) is 5.91. The standard InChI is InChI=1S/C23H30N4O3/c24-19(28)23-11-4-15-26(23)21(30)27(20(23)29)18-7-5-17(6-8-18)22(9-3-10-22)12-16-25-13-1-2-14-25/h5-8H,1-4,9-16H2,(H2,24,28)/t23-/m0/s1. The second kappa shape index (κ2) is 7.08. The quantitative estimate of drug-likeness (QED) is 0.576. The Labute approximate surface area is 177 Å². The van der Waals surface area contributed by atoms with E-state index in [0.29, 0.717) is 25.1 Å². The summed E-state index contributed by atoms with van der Waals surface area (Å²) in [6.45, 7) is 3.96. The first kappa shape index (κ1) is 19.5. The van der Waals surface area contributed by atoms with Crippen molar-refractivity contribution in [3.05, 3.63) is 29.8 Å². The van der Waals surface area contributed by atoms with E-state index in [1.165, 1.54) is 55.7 Å². The maximum atomic E-state index is 13.1. The van der Waals surface area contributed by atoms with Crippen molar-refractivity contribution in [2.75, 3.05) is 31.1 Å². The first-order valence-corrected chi connectivity index (χ1v) is 11.3. The third kappa shape index (κ3) is 2.71. The van der Waals surface area contributed by atoms with E-state index in [2.05, 4.69) is 17.0 Å². The summed E-state index contributed by atoms with van der Waals surface area (Å²) >= 11 is 0. The van der Waals surface area contributed by atoms with Crippen LogP contribution in [-0.4, -0.2) is 59.4 Å². The molecular weight excluding hydrogens is 380 g/mol. The molecule has 30 heavy (non-hydrogen) atoms. The van der Waals surface area contributed by atoms with Crippen LogP contribution < -0.4 is 10.6 Å². The minimum absolute atomic E-state index is 0.217. The summed E-state index contributed by atoms with van der Waals surface area (Å²) in [7, 11) is 0. The number of rotatable bonds is 6. The fraction of sp³-hybridized carbons (Fsp3) is 0.609. The number of amides is 4. The van der Waals surface area contributed by atoms with Crippen LogP contribution in [0.2, 0.25) is 0 Å². The summed E-state index contributed by atoms with van der Waals surface area (Å²) in [5.41, 5.74) is 6.11. The highest BCUT2D eigenvalue weighted by Crippen LogP contribution is 2.47. The van der Waals surface area contributed by atoms with Gasteiger partial charge in [0.05, 0.1) is 5.69 Å². The van der Waals surface area contributed by atoms with E-state index >= 15 is 0 Å². The Kier molecular flexibility index (Phi) is 4.61. The number of hydrogen-bond donors (Lipinski definition) is 1. The molecule has 4 fully saturated rings. The Bertz CT molecular complexity index is 873. The fourth-order valence-electron chi connectivity index (χ4n) is 5.91. The first-order chi connectivity index (χ1) is 14.5. The number of urea groups is 1. The van der Waals surface area contributed by atoms with Crippen LogP contribution in [-0.2, 0) is 15.0 Å². The van der Waals surface area contributed by atoms with Gasteiger partial charge in [-0.25, -0.2) is 9.69 Å². The molecule has 4 amide bonds. The predicted molar refractivity (Wildman–Crippen MR) is 113 cm³/mol. The molecule has 160 valence electrons. The average molecular weight is 411 g/mol. The highest BCUT2D eigenvalue weighted by atomic mass is 16.2. The van der Waals surface area contributed by atoms with Crippen LogP contribution in [0.15, 0.2) is 24.3 Å². The van der Waals surface area contributed by atoms with Gasteiger partial charge >= 0.3 is 6.03 Å². The Morgan fingerprint density at radius 2 is 1.63 bits per heavy atom. The molecule has 7 nitrogen and oxygen atoms in total. The van der Waals surface area contributed by atoms with E-state index in [1.807, 2.05) is 12.1 Å². The van der Waals surface area contributed by atoms with Gasteiger partial charge < -0.3 is 15.5 Å². The van der Waals surface area contributed by atoms with E-state index in [1.54, 1.807) is 0 Å². The number of hydrogen-bond acceptors (Lipinski definition) is 4. The van der Waals surface area contributed by atoms with E-state index < -0.39 is 23.4 Å². The van der Waals surface area contributed by atoms with E-state index in [9.17, 15) is 14.4 Å². The molecule has 3 saturated heterocycles. The van der Waals surface area contributed by atoms with Crippen molar-refractivity contribution in [3.63, 3.8) is 0 Å². The normalized spacial score (nSPS) is 28.1. The van der Waals surface area contributed by atoms with Crippen molar-refractivity contribution in [2.24, 2.45) is 5.73 Å². The Morgan fingerprint density at radius 1 is 0.933 bits per heavy atom. The number of fused-ring (bicyclic) bond motifs is 1. The zero-order valence-electron chi connectivity index (χ0n) is 17.4. The van der Waals surface area contributed by atoms with Crippen LogP contribution in [0.4, 0.5) is 10.5 Å². The Morgan fingerprint density at radius 3 is 2.20 bits per heavy atom. The Hall–Kier alpha value is -2.41. The largest absolute Gasteiger partial charge is 0.367 e. The number of anilines is 1. The maximum absolute atomic E-state index is 13.1. The molecule has 5 rings (SSSR count). The van der Waals surface area contributed by atoms with Gasteiger partial charge in [0.2, 0.25) is 5.54 Å². The summed E-state index contributed by atoms with van der Waals surface area (Å²) in [6.07, 6.45) is 8.34. The maximum Gasteiger partial charge on any atom is 0.332 e. The molecule has 7 heteroatoms. The van der Waals surface area contributed by atoms with Crippen molar-refractivity contribution in [1.29, 1.82) is 0 Å². The van der Waals surface area contributed by atoms with Crippen LogP contribution in [0.3, 0.4) is 0 Å². The molecule has 2 N–H and O–H groups in total. The molecule has 0 radical (unpaired) electrons. The highest BCUT2D eigenvalue weighted by molar-refractivity contribution is 6.31. The molecule has 1 aromatic rings. The molecule has 1 atom stereocenters. The number of nitrogens with zero attached hydrogens (tertiary/aromatic N) is 3. The minimum atomic E-state index is -1.50. The van der Waals surface area contributed by atoms with Crippen LogP contribution in [0.5, 0.6) is 0 Å². The lowest BCUT2D eigenvalue weighted by Crippen LogP contribution is -2.55. The second-order valence-corrected chi connectivity index (χ2v) is 9.38. The van der Waals surface area contributed by atoms with Crippen LogP contribution in [0.25, 0.3) is 0 Å². The lowest BCUT2D eigenvalue weighted by molar-refractivity contribution is -0.136. The number of imide groups is 1. The third-order valence-corrected chi connectivity index (χ3v) is 7.92. The van der Waals surface area contributed by atoms with Crippen molar-refractivity contribution in [3.8, 4) is 0 Å². The Balaban J connectivity index is 1.36. The van der Waals surface area contributed by atoms with Crippen molar-refractivity contribution >= 4 is 23.5 Å². The van der Waals surface area contributed by atoms with Crippen LogP contribution >= 0.6 is 0 Å². The summed E-state index contributed by atoms with van der Waals surface area (Å²) in [4.78, 5) is 43.2. The van der Waals surface area contributed by atoms with Gasteiger partial charge in [0, 0.05) is 6.54 Å². The minimum Gasteiger partial charge on any atom is -0.367 e. The first-order valence-electron chi connectivity index (χ1n) is 11.3. The summed E-state index contributed by atoms with van der Waals surface area (Å²) in [5, 5.41) is 0. The molecular formula is C23H30N4O3. The highest BCUT2D eigenvalue weighted by Gasteiger charge is 2.63. The zero-order valence-corrected chi connectivity index (χ0v) is 17.4. The molecule has 3 aliphatic heterocycles. The summed E-state index contributed by atoms with van der Waals surface area (Å²) in [5.74, 6) is -1.23. The van der Waals surface area contributed by atoms with Gasteiger partial charge in [0.25, 0.3) is 11.8 Å². The molecule has 1 saturated carbocycles. The molecule has 1 aliphatic carbocycles. The molecule has 0 spiro atoms.